The Morgan fingerprint density at radius 3 is 2.77 bits per heavy atom. The quantitative estimate of drug-likeness (QED) is 0.487. The zero-order valence-corrected chi connectivity index (χ0v) is 21.5. The number of fused-ring (bicyclic) bond motifs is 1. The smallest absolute Gasteiger partial charge is 0.304 e. The maximum Gasteiger partial charge on any atom is 0.304 e. The van der Waals surface area contributed by atoms with Gasteiger partial charge in [0.05, 0.1) is 24.4 Å². The van der Waals surface area contributed by atoms with Gasteiger partial charge in [-0.15, -0.1) is 0 Å². The molecule has 2 aromatic heterocycles. The van der Waals surface area contributed by atoms with Crippen molar-refractivity contribution in [1.29, 1.82) is 0 Å². The van der Waals surface area contributed by atoms with Crippen molar-refractivity contribution in [1.82, 2.24) is 24.6 Å². The first-order valence-electron chi connectivity index (χ1n) is 12.2. The number of halogens is 2. The van der Waals surface area contributed by atoms with E-state index in [1.54, 1.807) is 6.07 Å². The lowest BCUT2D eigenvalue weighted by atomic mass is 9.80. The highest BCUT2D eigenvalue weighted by atomic mass is 35.5. The summed E-state index contributed by atoms with van der Waals surface area (Å²) in [5, 5.41) is 14.9. The molecular weight excluding hydrogens is 487 g/mol. The summed E-state index contributed by atoms with van der Waals surface area (Å²) in [4.78, 5) is 25.2. The molecule has 3 aromatic rings. The summed E-state index contributed by atoms with van der Waals surface area (Å²) in [5.41, 5.74) is 3.31. The van der Waals surface area contributed by atoms with Gasteiger partial charge in [-0.3, -0.25) is 4.79 Å². The molecule has 0 saturated carbocycles. The normalized spacial score (nSPS) is 20.2. The molecule has 4 heterocycles. The van der Waals surface area contributed by atoms with Crippen molar-refractivity contribution in [2.45, 2.75) is 39.2 Å². The van der Waals surface area contributed by atoms with E-state index in [0.29, 0.717) is 28.4 Å². The molecule has 2 fully saturated rings. The fourth-order valence-electron chi connectivity index (χ4n) is 5.37. The summed E-state index contributed by atoms with van der Waals surface area (Å²) in [7, 11) is 0. The Hall–Kier alpha value is -2.42. The summed E-state index contributed by atoms with van der Waals surface area (Å²) in [6, 6.07) is 5.39. The fourth-order valence-corrected chi connectivity index (χ4v) is 5.93. The molecule has 2 atom stereocenters. The maximum absolute atomic E-state index is 10.9. The topological polar surface area (TPSA) is 87.4 Å². The molecule has 0 unspecified atom stereocenters. The van der Waals surface area contributed by atoms with Gasteiger partial charge in [0, 0.05) is 36.2 Å². The number of carboxylic acids is 1. The van der Waals surface area contributed by atoms with Gasteiger partial charge in [-0.2, -0.15) is 5.10 Å². The van der Waals surface area contributed by atoms with E-state index < -0.39 is 5.97 Å². The molecule has 0 bridgehead atoms. The van der Waals surface area contributed by atoms with E-state index in [1.165, 1.54) is 6.42 Å². The molecule has 0 radical (unpaired) electrons. The standard InChI is InChI=1S/C25H30Cl2N6O2/c1-15-24-25(33(30-15)16(2)20-6-5-19(26)10-21(20)27)29-22(11-28-24)32-13-18(14-32)17-4-3-8-31(12-17)9-7-23(34)35/h5-6,10-11,16-18H,3-4,7-9,12-14H2,1-2H3,(H,34,35)/t16-,17-/m1/s1. The number of nitrogens with zero attached hydrogens (tertiary/aromatic N) is 6. The molecule has 1 N–H and O–H groups in total. The second-order valence-corrected chi connectivity index (χ2v) is 10.6. The Bertz CT molecular complexity index is 1240. The van der Waals surface area contributed by atoms with Crippen LogP contribution in [-0.4, -0.2) is 68.4 Å². The number of aromatic nitrogens is 4. The van der Waals surface area contributed by atoms with Gasteiger partial charge in [-0.05, 0) is 62.8 Å². The fraction of sp³-hybridized carbons (Fsp3) is 0.520. The second-order valence-electron chi connectivity index (χ2n) is 9.78. The molecule has 2 aliphatic heterocycles. The van der Waals surface area contributed by atoms with Crippen molar-refractivity contribution in [3.05, 3.63) is 45.7 Å². The van der Waals surface area contributed by atoms with Gasteiger partial charge < -0.3 is 14.9 Å². The monoisotopic (exact) mass is 516 g/mol. The van der Waals surface area contributed by atoms with Crippen LogP contribution in [0, 0.1) is 18.8 Å². The van der Waals surface area contributed by atoms with E-state index >= 15 is 0 Å². The van der Waals surface area contributed by atoms with Gasteiger partial charge in [-0.1, -0.05) is 29.3 Å². The molecule has 1 aromatic carbocycles. The summed E-state index contributed by atoms with van der Waals surface area (Å²) in [5.74, 6) is 1.34. The number of rotatable bonds is 7. The van der Waals surface area contributed by atoms with Gasteiger partial charge in [0.1, 0.15) is 11.3 Å². The van der Waals surface area contributed by atoms with Gasteiger partial charge >= 0.3 is 5.97 Å². The number of carbonyl (C=O) groups is 1. The zero-order chi connectivity index (χ0) is 24.7. The van der Waals surface area contributed by atoms with Crippen LogP contribution in [-0.2, 0) is 4.79 Å². The minimum Gasteiger partial charge on any atom is -0.481 e. The third-order valence-corrected chi connectivity index (χ3v) is 7.98. The Balaban J connectivity index is 1.30. The molecule has 10 heteroatoms. The Morgan fingerprint density at radius 2 is 2.03 bits per heavy atom. The van der Waals surface area contributed by atoms with Crippen LogP contribution in [0.3, 0.4) is 0 Å². The van der Waals surface area contributed by atoms with Crippen LogP contribution < -0.4 is 4.90 Å². The van der Waals surface area contributed by atoms with Gasteiger partial charge in [0.25, 0.3) is 0 Å². The number of hydrogen-bond acceptors (Lipinski definition) is 6. The predicted octanol–water partition coefficient (Wildman–Crippen LogP) is 4.67. The molecule has 2 aliphatic rings. The van der Waals surface area contributed by atoms with Crippen LogP contribution in [0.2, 0.25) is 10.0 Å². The number of hydrogen-bond donors (Lipinski definition) is 1. The molecule has 0 aliphatic carbocycles. The number of anilines is 1. The van der Waals surface area contributed by atoms with Crippen LogP contribution >= 0.6 is 23.2 Å². The van der Waals surface area contributed by atoms with Crippen molar-refractivity contribution < 1.29 is 9.90 Å². The summed E-state index contributed by atoms with van der Waals surface area (Å²) < 4.78 is 1.90. The van der Waals surface area contributed by atoms with Crippen molar-refractivity contribution in [3.63, 3.8) is 0 Å². The first-order chi connectivity index (χ1) is 16.8. The lowest BCUT2D eigenvalue weighted by molar-refractivity contribution is -0.137. The number of likely N-dealkylation sites (tertiary alicyclic amines) is 1. The Kier molecular flexibility index (Phi) is 6.88. The van der Waals surface area contributed by atoms with Crippen LogP contribution in [0.5, 0.6) is 0 Å². The van der Waals surface area contributed by atoms with Crippen LogP contribution in [0.4, 0.5) is 5.82 Å². The number of aryl methyl sites for hydroxylation is 1. The van der Waals surface area contributed by atoms with E-state index in [1.807, 2.05) is 36.9 Å². The summed E-state index contributed by atoms with van der Waals surface area (Å²) >= 11 is 12.6. The van der Waals surface area contributed by atoms with Crippen molar-refractivity contribution >= 4 is 46.2 Å². The zero-order valence-electron chi connectivity index (χ0n) is 20.0. The average Bonchev–Trinajstić information content (AvgIpc) is 3.12. The minimum absolute atomic E-state index is 0.122. The van der Waals surface area contributed by atoms with Gasteiger partial charge in [0.15, 0.2) is 5.65 Å². The molecule has 8 nitrogen and oxygen atoms in total. The van der Waals surface area contributed by atoms with E-state index in [4.69, 9.17) is 43.4 Å². The summed E-state index contributed by atoms with van der Waals surface area (Å²) in [6.45, 7) is 8.52. The highest BCUT2D eigenvalue weighted by Gasteiger charge is 2.36. The van der Waals surface area contributed by atoms with Crippen LogP contribution in [0.15, 0.2) is 24.4 Å². The number of aliphatic carboxylic acids is 1. The maximum atomic E-state index is 10.9. The van der Waals surface area contributed by atoms with E-state index in [-0.39, 0.29) is 12.5 Å². The second kappa shape index (κ2) is 9.91. The number of piperidine rings is 1. The summed E-state index contributed by atoms with van der Waals surface area (Å²) in [6.07, 6.45) is 4.40. The van der Waals surface area contributed by atoms with Gasteiger partial charge in [-0.25, -0.2) is 14.6 Å². The van der Waals surface area contributed by atoms with E-state index in [9.17, 15) is 4.79 Å². The largest absolute Gasteiger partial charge is 0.481 e. The molecular formula is C25H30Cl2N6O2. The highest BCUT2D eigenvalue weighted by molar-refractivity contribution is 6.35. The Labute approximate surface area is 214 Å². The van der Waals surface area contributed by atoms with Crippen molar-refractivity contribution in [2.24, 2.45) is 11.8 Å². The average molecular weight is 517 g/mol. The first kappa shape index (κ1) is 24.3. The predicted molar refractivity (Wildman–Crippen MR) is 137 cm³/mol. The SMILES string of the molecule is Cc1nn([C@H](C)c2ccc(Cl)cc2Cl)c2nc(N3CC([C@@H]4CCCN(CCC(=O)O)C4)C3)cnc12. The van der Waals surface area contributed by atoms with E-state index in [0.717, 1.165) is 60.8 Å². The van der Waals surface area contributed by atoms with E-state index in [2.05, 4.69) is 9.80 Å². The Morgan fingerprint density at radius 1 is 1.23 bits per heavy atom. The first-order valence-corrected chi connectivity index (χ1v) is 12.9. The molecule has 186 valence electrons. The number of benzene rings is 1. The van der Waals surface area contributed by atoms with Crippen LogP contribution in [0.25, 0.3) is 11.2 Å². The molecule has 35 heavy (non-hydrogen) atoms. The highest BCUT2D eigenvalue weighted by Crippen LogP contribution is 2.35. The molecule has 5 rings (SSSR count). The molecule has 2 saturated heterocycles. The third-order valence-electron chi connectivity index (χ3n) is 7.42. The molecule has 0 amide bonds. The minimum atomic E-state index is -0.724. The van der Waals surface area contributed by atoms with Crippen LogP contribution in [0.1, 0.15) is 43.5 Å². The number of carboxylic acid groups (broad SMARTS) is 1. The third kappa shape index (κ3) is 4.97. The van der Waals surface area contributed by atoms with Gasteiger partial charge in [0.2, 0.25) is 0 Å². The van der Waals surface area contributed by atoms with Crippen molar-refractivity contribution in [2.75, 3.05) is 37.6 Å². The van der Waals surface area contributed by atoms with Crippen molar-refractivity contribution in [3.8, 4) is 0 Å². The lowest BCUT2D eigenvalue weighted by Crippen LogP contribution is -2.54. The molecule has 0 spiro atoms. The lowest BCUT2D eigenvalue weighted by Gasteiger charge is -2.47.